The molecule has 1 unspecified atom stereocenters. The number of halogens is 1. The number of hydrogen-bond donors (Lipinski definition) is 1. The Morgan fingerprint density at radius 3 is 3.00 bits per heavy atom. The highest BCUT2D eigenvalue weighted by Crippen LogP contribution is 2.31. The third kappa shape index (κ3) is 1.85. The van der Waals surface area contributed by atoms with Gasteiger partial charge in [0.25, 0.3) is 0 Å². The second-order valence-electron chi connectivity index (χ2n) is 5.17. The third-order valence-corrected chi connectivity index (χ3v) is 4.44. The summed E-state index contributed by atoms with van der Waals surface area (Å²) >= 11 is 6.12. The summed E-state index contributed by atoms with van der Waals surface area (Å²) in [6.07, 6.45) is 5.74. The number of carbonyl (C=O) groups is 1. The maximum Gasteiger partial charge on any atom is 0.136 e. The first-order chi connectivity index (χ1) is 8.66. The van der Waals surface area contributed by atoms with E-state index in [0.717, 1.165) is 41.8 Å². The maximum atomic E-state index is 11.7. The molecule has 1 N–H and O–H groups in total. The molecule has 0 radical (unpaired) electrons. The average Bonchev–Trinajstić information content (AvgIpc) is 2.93. The van der Waals surface area contributed by atoms with Crippen molar-refractivity contribution in [2.24, 2.45) is 5.92 Å². The minimum atomic E-state index is 0.222. The van der Waals surface area contributed by atoms with Crippen molar-refractivity contribution < 1.29 is 4.79 Å². The predicted octanol–water partition coefficient (Wildman–Crippen LogP) is 4.04. The molecule has 0 amide bonds. The summed E-state index contributed by atoms with van der Waals surface area (Å²) in [5.41, 5.74) is 3.42. The largest absolute Gasteiger partial charge is 0.361 e. The fraction of sp³-hybridized carbons (Fsp3) is 0.400. The molecule has 1 aromatic carbocycles. The lowest BCUT2D eigenvalue weighted by Gasteiger charge is -2.07. The van der Waals surface area contributed by atoms with Gasteiger partial charge in [-0.15, -0.1) is 0 Å². The van der Waals surface area contributed by atoms with Crippen LogP contribution in [-0.4, -0.2) is 10.8 Å². The van der Waals surface area contributed by atoms with Crippen LogP contribution < -0.4 is 0 Å². The number of hydrogen-bond acceptors (Lipinski definition) is 1. The van der Waals surface area contributed by atoms with Crippen molar-refractivity contribution in [2.45, 2.75) is 32.6 Å². The fourth-order valence-electron chi connectivity index (χ4n) is 2.91. The maximum absolute atomic E-state index is 11.7. The lowest BCUT2D eigenvalue weighted by Crippen LogP contribution is -2.09. The van der Waals surface area contributed by atoms with E-state index in [1.165, 1.54) is 10.9 Å². The number of carbonyl (C=O) groups excluding carboxylic acids is 1. The molecule has 1 aromatic heterocycles. The van der Waals surface area contributed by atoms with Gasteiger partial charge in [-0.05, 0) is 43.4 Å². The van der Waals surface area contributed by atoms with Crippen LogP contribution in [0.3, 0.4) is 0 Å². The van der Waals surface area contributed by atoms with Crippen LogP contribution in [0, 0.1) is 12.8 Å². The number of aromatic amines is 1. The van der Waals surface area contributed by atoms with Crippen molar-refractivity contribution >= 4 is 28.3 Å². The lowest BCUT2D eigenvalue weighted by molar-refractivity contribution is -0.120. The van der Waals surface area contributed by atoms with E-state index >= 15 is 0 Å². The van der Waals surface area contributed by atoms with E-state index in [4.69, 9.17) is 11.6 Å². The Balaban J connectivity index is 1.98. The molecule has 1 saturated carbocycles. The van der Waals surface area contributed by atoms with Gasteiger partial charge in [0.15, 0.2) is 0 Å². The number of fused-ring (bicyclic) bond motifs is 1. The highest BCUT2D eigenvalue weighted by atomic mass is 35.5. The number of ketones is 1. The van der Waals surface area contributed by atoms with Crippen molar-refractivity contribution in [3.05, 3.63) is 34.5 Å². The summed E-state index contributed by atoms with van der Waals surface area (Å²) < 4.78 is 0. The number of Topliss-reactive ketones (excluding diaryl/α,β-unsaturated/α-hetero) is 1. The van der Waals surface area contributed by atoms with E-state index in [0.29, 0.717) is 5.78 Å². The first-order valence-corrected chi connectivity index (χ1v) is 6.82. The van der Waals surface area contributed by atoms with Crippen LogP contribution in [0.25, 0.3) is 10.9 Å². The van der Waals surface area contributed by atoms with E-state index in [1.807, 2.05) is 19.2 Å². The summed E-state index contributed by atoms with van der Waals surface area (Å²) in [6.45, 7) is 2.02. The zero-order valence-corrected chi connectivity index (χ0v) is 11.2. The Hall–Kier alpha value is -1.28. The second-order valence-corrected chi connectivity index (χ2v) is 5.58. The third-order valence-electron chi connectivity index (χ3n) is 4.03. The summed E-state index contributed by atoms with van der Waals surface area (Å²) in [5.74, 6) is 0.648. The van der Waals surface area contributed by atoms with Crippen LogP contribution in [-0.2, 0) is 11.2 Å². The molecular formula is C15H16ClNO. The van der Waals surface area contributed by atoms with Gasteiger partial charge >= 0.3 is 0 Å². The Kier molecular flexibility index (Phi) is 2.90. The lowest BCUT2D eigenvalue weighted by atomic mass is 9.96. The van der Waals surface area contributed by atoms with Crippen LogP contribution in [0.5, 0.6) is 0 Å². The van der Waals surface area contributed by atoms with Crippen LogP contribution in [0.4, 0.5) is 0 Å². The Morgan fingerprint density at radius 2 is 2.28 bits per heavy atom. The first-order valence-electron chi connectivity index (χ1n) is 6.44. The molecule has 2 nitrogen and oxygen atoms in total. The van der Waals surface area contributed by atoms with Crippen molar-refractivity contribution in [1.82, 2.24) is 4.98 Å². The number of benzene rings is 1. The van der Waals surface area contributed by atoms with Crippen LogP contribution in [0.15, 0.2) is 18.3 Å². The smallest absolute Gasteiger partial charge is 0.136 e. The van der Waals surface area contributed by atoms with Crippen molar-refractivity contribution in [3.63, 3.8) is 0 Å². The summed E-state index contributed by atoms with van der Waals surface area (Å²) in [7, 11) is 0. The molecule has 3 rings (SSSR count). The number of rotatable bonds is 2. The van der Waals surface area contributed by atoms with Gasteiger partial charge in [-0.25, -0.2) is 0 Å². The highest BCUT2D eigenvalue weighted by molar-refractivity contribution is 6.32. The van der Waals surface area contributed by atoms with E-state index in [-0.39, 0.29) is 5.92 Å². The van der Waals surface area contributed by atoms with Crippen LogP contribution in [0.2, 0.25) is 5.02 Å². The molecule has 0 bridgehead atoms. The molecule has 3 heteroatoms. The number of aromatic nitrogens is 1. The Bertz CT molecular complexity index is 614. The molecule has 0 aliphatic heterocycles. The molecule has 1 atom stereocenters. The van der Waals surface area contributed by atoms with Gasteiger partial charge in [0.2, 0.25) is 0 Å². The zero-order chi connectivity index (χ0) is 12.7. The molecule has 18 heavy (non-hydrogen) atoms. The Labute approximate surface area is 111 Å². The molecule has 0 spiro atoms. The number of H-pyrrole nitrogens is 1. The summed E-state index contributed by atoms with van der Waals surface area (Å²) in [4.78, 5) is 15.0. The Morgan fingerprint density at radius 1 is 1.44 bits per heavy atom. The van der Waals surface area contributed by atoms with Crippen molar-refractivity contribution in [2.75, 3.05) is 0 Å². The molecule has 1 heterocycles. The van der Waals surface area contributed by atoms with E-state index in [2.05, 4.69) is 11.1 Å². The average molecular weight is 262 g/mol. The van der Waals surface area contributed by atoms with Gasteiger partial charge in [0.05, 0.1) is 5.52 Å². The second kappa shape index (κ2) is 4.43. The van der Waals surface area contributed by atoms with Gasteiger partial charge in [-0.3, -0.25) is 4.79 Å². The van der Waals surface area contributed by atoms with E-state index in [9.17, 15) is 4.79 Å². The van der Waals surface area contributed by atoms with Crippen molar-refractivity contribution in [3.8, 4) is 0 Å². The van der Waals surface area contributed by atoms with Gasteiger partial charge in [-0.1, -0.05) is 17.7 Å². The quantitative estimate of drug-likeness (QED) is 0.869. The van der Waals surface area contributed by atoms with E-state index < -0.39 is 0 Å². The van der Waals surface area contributed by atoms with E-state index in [1.54, 1.807) is 0 Å². The van der Waals surface area contributed by atoms with Gasteiger partial charge in [-0.2, -0.15) is 0 Å². The van der Waals surface area contributed by atoms with Crippen LogP contribution in [0.1, 0.15) is 30.4 Å². The van der Waals surface area contributed by atoms with Gasteiger partial charge < -0.3 is 4.98 Å². The van der Waals surface area contributed by atoms with Crippen LogP contribution >= 0.6 is 11.6 Å². The SMILES string of the molecule is Cc1c(Cl)ccc2c(CC3CCCC3=O)c[nH]c12. The predicted molar refractivity (Wildman–Crippen MR) is 74.1 cm³/mol. The minimum Gasteiger partial charge on any atom is -0.361 e. The molecular weight excluding hydrogens is 246 g/mol. The summed E-state index contributed by atoms with van der Waals surface area (Å²) in [5, 5.41) is 1.99. The molecule has 0 saturated heterocycles. The number of nitrogens with one attached hydrogen (secondary N) is 1. The topological polar surface area (TPSA) is 32.9 Å². The molecule has 94 valence electrons. The van der Waals surface area contributed by atoms with Crippen molar-refractivity contribution in [1.29, 1.82) is 0 Å². The molecule has 2 aromatic rings. The fourth-order valence-corrected chi connectivity index (χ4v) is 3.07. The highest BCUT2D eigenvalue weighted by Gasteiger charge is 2.25. The molecule has 1 fully saturated rings. The molecule has 1 aliphatic rings. The van der Waals surface area contributed by atoms with Gasteiger partial charge in [0.1, 0.15) is 5.78 Å². The first kappa shape index (κ1) is 11.8. The zero-order valence-electron chi connectivity index (χ0n) is 10.4. The minimum absolute atomic E-state index is 0.222. The monoisotopic (exact) mass is 261 g/mol. The summed E-state index contributed by atoms with van der Waals surface area (Å²) in [6, 6.07) is 3.99. The number of aryl methyl sites for hydroxylation is 1. The standard InChI is InChI=1S/C15H16ClNO/c1-9-13(16)6-5-12-11(8-17-15(9)12)7-10-3-2-4-14(10)18/h5-6,8,10,17H,2-4,7H2,1H3. The normalized spacial score (nSPS) is 19.9. The molecule has 1 aliphatic carbocycles. The van der Waals surface area contributed by atoms with Gasteiger partial charge in [0, 0.05) is 28.9 Å².